The van der Waals surface area contributed by atoms with E-state index in [1.165, 1.54) is 0 Å². The number of benzene rings is 2. The predicted molar refractivity (Wildman–Crippen MR) is 114 cm³/mol. The van der Waals surface area contributed by atoms with Crippen molar-refractivity contribution >= 4 is 17.4 Å². The van der Waals surface area contributed by atoms with Gasteiger partial charge in [0.25, 0.3) is 11.7 Å². The molecule has 2 saturated heterocycles. The molecular formula is C24H26N2O4. The Hall–Kier alpha value is -2.96. The van der Waals surface area contributed by atoms with Crippen LogP contribution in [0.5, 0.6) is 0 Å². The number of amides is 1. The van der Waals surface area contributed by atoms with Gasteiger partial charge in [0.2, 0.25) is 0 Å². The van der Waals surface area contributed by atoms with E-state index >= 15 is 0 Å². The number of carbonyl (C=O) groups excluding carboxylic acids is 2. The number of likely N-dealkylation sites (tertiary alicyclic amines) is 1. The van der Waals surface area contributed by atoms with Crippen molar-refractivity contribution in [1.29, 1.82) is 0 Å². The maximum absolute atomic E-state index is 12.9. The fourth-order valence-electron chi connectivity index (χ4n) is 4.13. The molecule has 0 saturated carbocycles. The number of nitrogens with zero attached hydrogens (tertiary/aromatic N) is 2. The summed E-state index contributed by atoms with van der Waals surface area (Å²) in [6.07, 6.45) is 0.752. The van der Waals surface area contributed by atoms with Crippen molar-refractivity contribution in [3.63, 3.8) is 0 Å². The Morgan fingerprint density at radius 1 is 0.933 bits per heavy atom. The smallest absolute Gasteiger partial charge is 0.295 e. The van der Waals surface area contributed by atoms with Gasteiger partial charge < -0.3 is 14.7 Å². The number of aliphatic hydroxyl groups excluding tert-OH is 1. The molecule has 1 amide bonds. The van der Waals surface area contributed by atoms with Crippen molar-refractivity contribution < 1.29 is 19.4 Å². The van der Waals surface area contributed by atoms with Crippen LogP contribution < -0.4 is 0 Å². The third-order valence-electron chi connectivity index (χ3n) is 5.68. The average Bonchev–Trinajstić information content (AvgIpc) is 3.05. The summed E-state index contributed by atoms with van der Waals surface area (Å²) in [4.78, 5) is 29.8. The molecule has 2 aliphatic rings. The molecule has 1 atom stereocenters. The molecule has 6 heteroatoms. The van der Waals surface area contributed by atoms with Crippen LogP contribution in [-0.2, 0) is 14.3 Å². The summed E-state index contributed by atoms with van der Waals surface area (Å²) in [5, 5.41) is 10.9. The van der Waals surface area contributed by atoms with Crippen LogP contribution in [0.4, 0.5) is 0 Å². The highest BCUT2D eigenvalue weighted by molar-refractivity contribution is 6.46. The van der Waals surface area contributed by atoms with E-state index in [0.717, 1.165) is 44.8 Å². The van der Waals surface area contributed by atoms with Crippen LogP contribution in [0.25, 0.3) is 5.76 Å². The van der Waals surface area contributed by atoms with Gasteiger partial charge in [-0.3, -0.25) is 14.5 Å². The molecule has 0 aromatic heterocycles. The van der Waals surface area contributed by atoms with Gasteiger partial charge in [-0.15, -0.1) is 0 Å². The third-order valence-corrected chi connectivity index (χ3v) is 5.68. The number of aliphatic hydroxyl groups is 1. The zero-order valence-corrected chi connectivity index (χ0v) is 16.9. The first-order valence-electron chi connectivity index (χ1n) is 10.4. The van der Waals surface area contributed by atoms with Crippen molar-refractivity contribution in [3.05, 3.63) is 77.4 Å². The molecule has 6 nitrogen and oxygen atoms in total. The largest absolute Gasteiger partial charge is 0.507 e. The van der Waals surface area contributed by atoms with E-state index in [9.17, 15) is 14.7 Å². The quantitative estimate of drug-likeness (QED) is 0.454. The van der Waals surface area contributed by atoms with Gasteiger partial charge >= 0.3 is 0 Å². The Labute approximate surface area is 176 Å². The molecule has 156 valence electrons. The fourth-order valence-corrected chi connectivity index (χ4v) is 4.13. The zero-order valence-electron chi connectivity index (χ0n) is 16.9. The molecule has 1 N–H and O–H groups in total. The van der Waals surface area contributed by atoms with Gasteiger partial charge in [-0.25, -0.2) is 0 Å². The maximum Gasteiger partial charge on any atom is 0.295 e. The number of hydrogen-bond acceptors (Lipinski definition) is 5. The molecule has 30 heavy (non-hydrogen) atoms. The number of ketones is 1. The lowest BCUT2D eigenvalue weighted by Crippen LogP contribution is -2.38. The van der Waals surface area contributed by atoms with E-state index in [2.05, 4.69) is 4.90 Å². The fraction of sp³-hybridized carbons (Fsp3) is 0.333. The van der Waals surface area contributed by atoms with E-state index in [-0.39, 0.29) is 11.3 Å². The van der Waals surface area contributed by atoms with Crippen molar-refractivity contribution in [2.75, 3.05) is 39.4 Å². The lowest BCUT2D eigenvalue weighted by atomic mass is 9.95. The van der Waals surface area contributed by atoms with Gasteiger partial charge in [-0.2, -0.15) is 0 Å². The lowest BCUT2D eigenvalue weighted by Gasteiger charge is -2.29. The Bertz CT molecular complexity index is 921. The first kappa shape index (κ1) is 20.3. The summed E-state index contributed by atoms with van der Waals surface area (Å²) < 4.78 is 5.38. The van der Waals surface area contributed by atoms with Crippen molar-refractivity contribution in [2.45, 2.75) is 12.5 Å². The molecule has 0 spiro atoms. The molecule has 0 aliphatic carbocycles. The number of Topliss-reactive ketones (excluding diaryl/α,β-unsaturated/α-hetero) is 1. The summed E-state index contributed by atoms with van der Waals surface area (Å²) >= 11 is 0. The molecule has 2 aliphatic heterocycles. The highest BCUT2D eigenvalue weighted by Crippen LogP contribution is 2.39. The Morgan fingerprint density at radius 3 is 2.23 bits per heavy atom. The normalized spacial score (nSPS) is 21.9. The molecule has 0 radical (unpaired) electrons. The number of hydrogen-bond donors (Lipinski definition) is 1. The number of morpholine rings is 1. The third kappa shape index (κ3) is 4.15. The first-order valence-corrected chi connectivity index (χ1v) is 10.4. The summed E-state index contributed by atoms with van der Waals surface area (Å²) in [7, 11) is 0. The lowest BCUT2D eigenvalue weighted by molar-refractivity contribution is -0.140. The molecule has 2 aromatic carbocycles. The van der Waals surface area contributed by atoms with Gasteiger partial charge in [0.05, 0.1) is 24.8 Å². The van der Waals surface area contributed by atoms with Crippen molar-refractivity contribution in [3.8, 4) is 0 Å². The minimum absolute atomic E-state index is 0.126. The van der Waals surface area contributed by atoms with Crippen LogP contribution in [-0.4, -0.2) is 66.0 Å². The topological polar surface area (TPSA) is 70.1 Å². The highest BCUT2D eigenvalue weighted by atomic mass is 16.5. The second-order valence-corrected chi connectivity index (χ2v) is 7.58. The van der Waals surface area contributed by atoms with Crippen LogP contribution in [0.2, 0.25) is 0 Å². The van der Waals surface area contributed by atoms with E-state index < -0.39 is 17.7 Å². The number of ether oxygens (including phenoxy) is 1. The second kappa shape index (κ2) is 9.24. The summed E-state index contributed by atoms with van der Waals surface area (Å²) in [6.45, 7) is 4.51. The number of carbonyl (C=O) groups is 2. The van der Waals surface area contributed by atoms with E-state index in [1.54, 1.807) is 29.2 Å². The van der Waals surface area contributed by atoms with E-state index in [4.69, 9.17) is 4.74 Å². The minimum Gasteiger partial charge on any atom is -0.507 e. The van der Waals surface area contributed by atoms with E-state index in [0.29, 0.717) is 12.1 Å². The molecule has 2 aromatic rings. The van der Waals surface area contributed by atoms with Gasteiger partial charge in [-0.1, -0.05) is 60.7 Å². The Morgan fingerprint density at radius 2 is 1.57 bits per heavy atom. The summed E-state index contributed by atoms with van der Waals surface area (Å²) in [5.74, 6) is -1.31. The van der Waals surface area contributed by atoms with Crippen LogP contribution >= 0.6 is 0 Å². The standard InChI is InChI=1S/C24H26N2O4/c27-22(19-10-5-2-6-11-19)20-21(18-8-3-1-4-9-18)26(24(29)23(20)28)13-7-12-25-14-16-30-17-15-25/h1-6,8-11,21,27H,7,12-17H2/b22-20+/t21-/m0/s1. The van der Waals surface area contributed by atoms with Crippen molar-refractivity contribution in [1.82, 2.24) is 9.80 Å². The molecule has 4 rings (SSSR count). The molecular weight excluding hydrogens is 380 g/mol. The van der Waals surface area contributed by atoms with Crippen LogP contribution in [0.1, 0.15) is 23.6 Å². The molecule has 0 unspecified atom stereocenters. The van der Waals surface area contributed by atoms with E-state index in [1.807, 2.05) is 36.4 Å². The average molecular weight is 406 g/mol. The van der Waals surface area contributed by atoms with Crippen molar-refractivity contribution in [2.24, 2.45) is 0 Å². The van der Waals surface area contributed by atoms with Crippen LogP contribution in [0.15, 0.2) is 66.2 Å². The van der Waals surface area contributed by atoms with Crippen LogP contribution in [0.3, 0.4) is 0 Å². The van der Waals surface area contributed by atoms with Gasteiger partial charge in [-0.05, 0) is 12.0 Å². The highest BCUT2D eigenvalue weighted by Gasteiger charge is 2.45. The number of rotatable bonds is 6. The molecule has 2 heterocycles. The van der Waals surface area contributed by atoms with Gasteiger partial charge in [0.1, 0.15) is 5.76 Å². The Kier molecular flexibility index (Phi) is 6.26. The zero-order chi connectivity index (χ0) is 20.9. The van der Waals surface area contributed by atoms with Gasteiger partial charge in [0.15, 0.2) is 0 Å². The minimum atomic E-state index is -0.628. The SMILES string of the molecule is O=C1C(=O)N(CCCN2CCOCC2)[C@@H](c2ccccc2)/C1=C(\O)c1ccccc1. The monoisotopic (exact) mass is 406 g/mol. The van der Waals surface area contributed by atoms with Crippen LogP contribution in [0, 0.1) is 0 Å². The summed E-state index contributed by atoms with van der Waals surface area (Å²) in [5.41, 5.74) is 1.51. The molecule has 0 bridgehead atoms. The first-order chi connectivity index (χ1) is 14.7. The Balaban J connectivity index is 1.63. The maximum atomic E-state index is 12.9. The van der Waals surface area contributed by atoms with Gasteiger partial charge in [0, 0.05) is 31.7 Å². The summed E-state index contributed by atoms with van der Waals surface area (Å²) in [6, 6.07) is 17.8. The second-order valence-electron chi connectivity index (χ2n) is 7.58. The molecule has 2 fully saturated rings. The predicted octanol–water partition coefficient (Wildman–Crippen LogP) is 2.83.